The minimum absolute atomic E-state index is 0.0707. The van der Waals surface area contributed by atoms with Crippen LogP contribution in [0.4, 0.5) is 5.69 Å². The van der Waals surface area contributed by atoms with Gasteiger partial charge in [-0.1, -0.05) is 12.1 Å². The van der Waals surface area contributed by atoms with Crippen LogP contribution in [0, 0.1) is 10.1 Å². The number of hydrogen-bond donors (Lipinski definition) is 2. The summed E-state index contributed by atoms with van der Waals surface area (Å²) in [5.74, 6) is 1.35. The summed E-state index contributed by atoms with van der Waals surface area (Å²) in [4.78, 5) is 18.5. The van der Waals surface area contributed by atoms with Crippen LogP contribution in [-0.4, -0.2) is 32.7 Å². The van der Waals surface area contributed by atoms with Crippen molar-refractivity contribution in [2.45, 2.75) is 13.1 Å². The molecule has 9 heteroatoms. The van der Waals surface area contributed by atoms with Crippen LogP contribution in [0.5, 0.6) is 0 Å². The van der Waals surface area contributed by atoms with Crippen LogP contribution in [0.2, 0.25) is 0 Å². The van der Waals surface area contributed by atoms with Crippen molar-refractivity contribution in [1.82, 2.24) is 25.4 Å². The Morgan fingerprint density at radius 2 is 2.18 bits per heavy atom. The number of nitrogens with zero attached hydrogens (tertiary/aromatic N) is 5. The molecule has 0 aliphatic heterocycles. The number of hydrogen-bond acceptors (Lipinski definition) is 5. The van der Waals surface area contributed by atoms with Gasteiger partial charge in [-0.2, -0.15) is 5.10 Å². The molecule has 0 radical (unpaired) electrons. The Morgan fingerprint density at radius 3 is 2.82 bits per heavy atom. The van der Waals surface area contributed by atoms with Gasteiger partial charge in [-0.25, -0.2) is 4.98 Å². The Bertz CT molecular complexity index is 681. The molecule has 0 spiro atoms. The SMILES string of the molecule is CN=C(NCc1cccc([N+](=O)[O-])c1)NCc1ncnn1C. The summed E-state index contributed by atoms with van der Waals surface area (Å²) in [7, 11) is 3.46. The van der Waals surface area contributed by atoms with Crippen molar-refractivity contribution in [2.75, 3.05) is 7.05 Å². The summed E-state index contributed by atoms with van der Waals surface area (Å²) in [6, 6.07) is 6.47. The van der Waals surface area contributed by atoms with Crippen molar-refractivity contribution in [3.05, 3.63) is 52.1 Å². The van der Waals surface area contributed by atoms with Crippen LogP contribution < -0.4 is 10.6 Å². The molecule has 2 aromatic rings. The van der Waals surface area contributed by atoms with E-state index in [-0.39, 0.29) is 5.69 Å². The van der Waals surface area contributed by atoms with Gasteiger partial charge in [-0.05, 0) is 5.56 Å². The topological polar surface area (TPSA) is 110 Å². The number of benzene rings is 1. The average molecular weight is 303 g/mol. The third-order valence-electron chi connectivity index (χ3n) is 3.02. The van der Waals surface area contributed by atoms with E-state index in [1.54, 1.807) is 17.8 Å². The standard InChI is InChI=1S/C13H17N7O2/c1-14-13(16-8-12-17-9-18-19(12)2)15-7-10-4-3-5-11(6-10)20(21)22/h3-6,9H,7-8H2,1-2H3,(H2,14,15,16). The fraction of sp³-hybridized carbons (Fsp3) is 0.308. The maximum atomic E-state index is 10.7. The lowest BCUT2D eigenvalue weighted by molar-refractivity contribution is -0.384. The van der Waals surface area contributed by atoms with Gasteiger partial charge in [0.25, 0.3) is 5.69 Å². The molecular weight excluding hydrogens is 286 g/mol. The fourth-order valence-electron chi connectivity index (χ4n) is 1.83. The highest BCUT2D eigenvalue weighted by molar-refractivity contribution is 5.79. The van der Waals surface area contributed by atoms with Crippen molar-refractivity contribution >= 4 is 11.6 Å². The number of rotatable bonds is 5. The summed E-state index contributed by atoms with van der Waals surface area (Å²) in [6.07, 6.45) is 1.48. The molecule has 2 N–H and O–H groups in total. The first-order chi connectivity index (χ1) is 10.6. The van der Waals surface area contributed by atoms with Crippen LogP contribution in [0.15, 0.2) is 35.6 Å². The minimum atomic E-state index is -0.412. The van der Waals surface area contributed by atoms with Gasteiger partial charge in [0.2, 0.25) is 0 Å². The zero-order chi connectivity index (χ0) is 15.9. The van der Waals surface area contributed by atoms with E-state index in [2.05, 4.69) is 25.7 Å². The third-order valence-corrected chi connectivity index (χ3v) is 3.02. The molecule has 0 aliphatic rings. The van der Waals surface area contributed by atoms with Gasteiger partial charge in [0.1, 0.15) is 12.2 Å². The second-order valence-corrected chi connectivity index (χ2v) is 4.51. The lowest BCUT2D eigenvalue weighted by Crippen LogP contribution is -2.36. The lowest BCUT2D eigenvalue weighted by Gasteiger charge is -2.11. The molecule has 2 rings (SSSR count). The number of non-ortho nitro benzene ring substituents is 1. The largest absolute Gasteiger partial charge is 0.352 e. The lowest BCUT2D eigenvalue weighted by atomic mass is 10.2. The van der Waals surface area contributed by atoms with Crippen LogP contribution in [0.1, 0.15) is 11.4 Å². The monoisotopic (exact) mass is 303 g/mol. The third kappa shape index (κ3) is 4.01. The molecule has 0 unspecified atom stereocenters. The number of guanidine groups is 1. The van der Waals surface area contributed by atoms with Gasteiger partial charge in [-0.15, -0.1) is 0 Å². The van der Waals surface area contributed by atoms with Crippen molar-refractivity contribution in [1.29, 1.82) is 0 Å². The maximum absolute atomic E-state index is 10.7. The summed E-state index contributed by atoms with van der Waals surface area (Å²) in [5, 5.41) is 20.9. The van der Waals surface area contributed by atoms with Gasteiger partial charge in [0.05, 0.1) is 11.5 Å². The van der Waals surface area contributed by atoms with Crippen molar-refractivity contribution < 1.29 is 4.92 Å². The Labute approximate surface area is 127 Å². The van der Waals surface area contributed by atoms with E-state index in [1.807, 2.05) is 13.1 Å². The first-order valence-electron chi connectivity index (χ1n) is 6.61. The van der Waals surface area contributed by atoms with E-state index < -0.39 is 4.92 Å². The highest BCUT2D eigenvalue weighted by Crippen LogP contribution is 2.12. The number of aromatic nitrogens is 3. The second-order valence-electron chi connectivity index (χ2n) is 4.51. The molecule has 1 aromatic heterocycles. The van der Waals surface area contributed by atoms with Crippen molar-refractivity contribution in [3.63, 3.8) is 0 Å². The average Bonchev–Trinajstić information content (AvgIpc) is 2.93. The summed E-state index contributed by atoms with van der Waals surface area (Å²) >= 11 is 0. The molecule has 0 aliphatic carbocycles. The number of nitrogens with one attached hydrogen (secondary N) is 2. The van der Waals surface area contributed by atoms with Crippen LogP contribution in [0.25, 0.3) is 0 Å². The highest BCUT2D eigenvalue weighted by Gasteiger charge is 2.06. The second kappa shape index (κ2) is 7.16. The van der Waals surface area contributed by atoms with Crippen LogP contribution >= 0.6 is 0 Å². The van der Waals surface area contributed by atoms with Crippen molar-refractivity contribution in [2.24, 2.45) is 12.0 Å². The zero-order valence-corrected chi connectivity index (χ0v) is 12.4. The van der Waals surface area contributed by atoms with Gasteiger partial charge >= 0.3 is 0 Å². The van der Waals surface area contributed by atoms with E-state index in [0.717, 1.165) is 11.4 Å². The Balaban J connectivity index is 1.90. The Hall–Kier alpha value is -2.97. The van der Waals surface area contributed by atoms with Crippen LogP contribution in [-0.2, 0) is 20.1 Å². The first kappa shape index (κ1) is 15.4. The molecule has 0 fully saturated rings. The smallest absolute Gasteiger partial charge is 0.269 e. The predicted octanol–water partition coefficient (Wildman–Crippen LogP) is 0.588. The Morgan fingerprint density at radius 1 is 1.41 bits per heavy atom. The molecule has 0 saturated heterocycles. The number of aliphatic imine (C=N–C) groups is 1. The number of nitro groups is 1. The molecular formula is C13H17N7O2. The molecule has 1 aromatic carbocycles. The van der Waals surface area contributed by atoms with Gasteiger partial charge in [-0.3, -0.25) is 19.8 Å². The van der Waals surface area contributed by atoms with Crippen molar-refractivity contribution in [3.8, 4) is 0 Å². The summed E-state index contributed by atoms with van der Waals surface area (Å²) in [5.41, 5.74) is 0.872. The van der Waals surface area contributed by atoms with E-state index in [0.29, 0.717) is 19.0 Å². The molecule has 1 heterocycles. The summed E-state index contributed by atoms with van der Waals surface area (Å²) < 4.78 is 1.67. The first-order valence-corrected chi connectivity index (χ1v) is 6.61. The summed E-state index contributed by atoms with van der Waals surface area (Å²) in [6.45, 7) is 0.908. The molecule has 0 atom stereocenters. The molecule has 0 bridgehead atoms. The van der Waals surface area contributed by atoms with E-state index in [9.17, 15) is 10.1 Å². The quantitative estimate of drug-likeness (QED) is 0.362. The van der Waals surface area contributed by atoms with Crippen LogP contribution in [0.3, 0.4) is 0 Å². The molecule has 9 nitrogen and oxygen atoms in total. The van der Waals surface area contributed by atoms with E-state index in [1.165, 1.54) is 18.5 Å². The molecule has 22 heavy (non-hydrogen) atoms. The Kier molecular flexibility index (Phi) is 5.02. The van der Waals surface area contributed by atoms with Gasteiger partial charge < -0.3 is 10.6 Å². The predicted molar refractivity (Wildman–Crippen MR) is 81.1 cm³/mol. The highest BCUT2D eigenvalue weighted by atomic mass is 16.6. The number of nitro benzene ring substituents is 1. The molecule has 116 valence electrons. The van der Waals surface area contributed by atoms with Gasteiger partial charge in [0.15, 0.2) is 5.96 Å². The van der Waals surface area contributed by atoms with Gasteiger partial charge in [0, 0.05) is 32.8 Å². The van der Waals surface area contributed by atoms with E-state index in [4.69, 9.17) is 0 Å². The number of aryl methyl sites for hydroxylation is 1. The normalized spacial score (nSPS) is 11.3. The molecule has 0 saturated carbocycles. The molecule has 0 amide bonds. The maximum Gasteiger partial charge on any atom is 0.269 e. The zero-order valence-electron chi connectivity index (χ0n) is 12.4. The fourth-order valence-corrected chi connectivity index (χ4v) is 1.83. The minimum Gasteiger partial charge on any atom is -0.352 e. The van der Waals surface area contributed by atoms with E-state index >= 15 is 0 Å².